The van der Waals surface area contributed by atoms with E-state index in [4.69, 9.17) is 9.47 Å². The number of benzene rings is 1. The van der Waals surface area contributed by atoms with Crippen LogP contribution in [0, 0.1) is 11.3 Å². The number of alkyl carbamates (subject to hydrolysis) is 1. The van der Waals surface area contributed by atoms with Crippen LogP contribution >= 0.6 is 0 Å². The highest BCUT2D eigenvalue weighted by Gasteiger charge is 2.26. The summed E-state index contributed by atoms with van der Waals surface area (Å²) in [5.74, 6) is 0.718. The Hall–Kier alpha value is -2.81. The molecule has 6 heteroatoms. The van der Waals surface area contributed by atoms with Crippen molar-refractivity contribution >= 4 is 16.9 Å². The van der Waals surface area contributed by atoms with Crippen LogP contribution < -0.4 is 10.1 Å². The van der Waals surface area contributed by atoms with E-state index in [-0.39, 0.29) is 18.2 Å². The van der Waals surface area contributed by atoms with Gasteiger partial charge in [0.1, 0.15) is 17.4 Å². The highest BCUT2D eigenvalue weighted by molar-refractivity contribution is 5.92. The second kappa shape index (κ2) is 7.83. The van der Waals surface area contributed by atoms with Gasteiger partial charge in [-0.3, -0.25) is 4.98 Å². The summed E-state index contributed by atoms with van der Waals surface area (Å²) < 4.78 is 11.5. The third kappa shape index (κ3) is 4.88. The molecule has 0 radical (unpaired) electrons. The van der Waals surface area contributed by atoms with Crippen molar-refractivity contribution in [1.29, 1.82) is 5.26 Å². The molecule has 1 saturated carbocycles. The van der Waals surface area contributed by atoms with Gasteiger partial charge in [-0.25, -0.2) is 4.79 Å². The van der Waals surface area contributed by atoms with Crippen LogP contribution in [0.3, 0.4) is 0 Å². The number of rotatable bonds is 3. The maximum Gasteiger partial charge on any atom is 0.407 e. The molecule has 1 heterocycles. The summed E-state index contributed by atoms with van der Waals surface area (Å²) in [6.07, 6.45) is 6.34. The van der Waals surface area contributed by atoms with Crippen LogP contribution in [0.25, 0.3) is 10.8 Å². The van der Waals surface area contributed by atoms with Gasteiger partial charge in [-0.05, 0) is 52.5 Å². The molecule has 1 aliphatic carbocycles. The molecule has 0 saturated heterocycles. The zero-order valence-electron chi connectivity index (χ0n) is 16.0. The number of fused-ring (bicyclic) bond motifs is 1. The van der Waals surface area contributed by atoms with E-state index in [1.54, 1.807) is 12.4 Å². The number of ether oxygens (including phenoxy) is 2. The van der Waals surface area contributed by atoms with Crippen LogP contribution in [-0.4, -0.2) is 28.8 Å². The van der Waals surface area contributed by atoms with Crippen molar-refractivity contribution in [1.82, 2.24) is 10.3 Å². The minimum atomic E-state index is -0.494. The molecule has 2 aromatic rings. The van der Waals surface area contributed by atoms with Crippen molar-refractivity contribution in [3.8, 4) is 11.8 Å². The van der Waals surface area contributed by atoms with Gasteiger partial charge < -0.3 is 14.8 Å². The van der Waals surface area contributed by atoms with E-state index < -0.39 is 5.60 Å². The summed E-state index contributed by atoms with van der Waals surface area (Å²) in [6.45, 7) is 5.56. The first-order valence-electron chi connectivity index (χ1n) is 9.29. The quantitative estimate of drug-likeness (QED) is 0.873. The van der Waals surface area contributed by atoms with E-state index in [1.807, 2.05) is 39.0 Å². The minimum absolute atomic E-state index is 0.0620. The maximum absolute atomic E-state index is 11.9. The van der Waals surface area contributed by atoms with E-state index in [1.165, 1.54) is 0 Å². The number of nitrogens with zero attached hydrogens (tertiary/aromatic N) is 2. The number of carbonyl (C=O) groups excluding carboxylic acids is 1. The molecule has 0 aliphatic heterocycles. The zero-order chi connectivity index (χ0) is 19.4. The molecule has 3 rings (SSSR count). The van der Waals surface area contributed by atoms with E-state index in [0.29, 0.717) is 5.56 Å². The Kier molecular flexibility index (Phi) is 5.50. The fourth-order valence-electron chi connectivity index (χ4n) is 3.36. The zero-order valence-corrected chi connectivity index (χ0v) is 16.0. The van der Waals surface area contributed by atoms with Crippen LogP contribution in [0.15, 0.2) is 30.6 Å². The second-order valence-corrected chi connectivity index (χ2v) is 7.89. The Labute approximate surface area is 159 Å². The molecule has 1 amide bonds. The summed E-state index contributed by atoms with van der Waals surface area (Å²) in [5.41, 5.74) is 0.0230. The second-order valence-electron chi connectivity index (χ2n) is 7.89. The molecule has 1 aromatic heterocycles. The predicted octanol–water partition coefficient (Wildman–Crippen LogP) is 4.32. The van der Waals surface area contributed by atoms with Gasteiger partial charge >= 0.3 is 6.09 Å². The predicted molar refractivity (Wildman–Crippen MR) is 102 cm³/mol. The molecular weight excluding hydrogens is 342 g/mol. The first-order valence-corrected chi connectivity index (χ1v) is 9.29. The first kappa shape index (κ1) is 19.0. The molecule has 142 valence electrons. The van der Waals surface area contributed by atoms with E-state index in [9.17, 15) is 10.1 Å². The molecule has 0 bridgehead atoms. The topological polar surface area (TPSA) is 84.2 Å². The lowest BCUT2D eigenvalue weighted by Gasteiger charge is -2.30. The van der Waals surface area contributed by atoms with Crippen LogP contribution in [0.4, 0.5) is 4.79 Å². The normalized spacial score (nSPS) is 19.9. The lowest BCUT2D eigenvalue weighted by molar-refractivity contribution is 0.0471. The largest absolute Gasteiger partial charge is 0.490 e. The van der Waals surface area contributed by atoms with Crippen molar-refractivity contribution in [2.24, 2.45) is 0 Å². The number of pyridine rings is 1. The summed E-state index contributed by atoms with van der Waals surface area (Å²) in [5, 5.41) is 14.0. The summed E-state index contributed by atoms with van der Waals surface area (Å²) in [4.78, 5) is 16.0. The molecule has 0 atom stereocenters. The van der Waals surface area contributed by atoms with E-state index >= 15 is 0 Å². The van der Waals surface area contributed by atoms with Gasteiger partial charge in [-0.2, -0.15) is 5.26 Å². The Morgan fingerprint density at radius 1 is 1.22 bits per heavy atom. The van der Waals surface area contributed by atoms with Crippen molar-refractivity contribution in [3.63, 3.8) is 0 Å². The maximum atomic E-state index is 11.9. The minimum Gasteiger partial charge on any atom is -0.490 e. The van der Waals surface area contributed by atoms with Gasteiger partial charge in [-0.15, -0.1) is 0 Å². The number of nitriles is 1. The number of nitrogens with one attached hydrogen (secondary N) is 1. The van der Waals surface area contributed by atoms with Crippen molar-refractivity contribution in [2.45, 2.75) is 64.2 Å². The molecule has 0 spiro atoms. The molecular formula is C21H25N3O3. The molecule has 6 nitrogen and oxygen atoms in total. The monoisotopic (exact) mass is 367 g/mol. The average Bonchev–Trinajstić information content (AvgIpc) is 2.61. The van der Waals surface area contributed by atoms with Gasteiger partial charge in [0.25, 0.3) is 0 Å². The lowest BCUT2D eigenvalue weighted by atomic mass is 9.93. The van der Waals surface area contributed by atoms with Gasteiger partial charge in [0.15, 0.2) is 0 Å². The van der Waals surface area contributed by atoms with E-state index in [2.05, 4.69) is 16.4 Å². The van der Waals surface area contributed by atoms with Gasteiger partial charge in [-0.1, -0.05) is 12.1 Å². The Morgan fingerprint density at radius 2 is 1.96 bits per heavy atom. The Balaban J connectivity index is 1.61. The smallest absolute Gasteiger partial charge is 0.407 e. The number of amides is 1. The number of hydrogen-bond donors (Lipinski definition) is 1. The number of aromatic nitrogens is 1. The highest BCUT2D eigenvalue weighted by atomic mass is 16.6. The van der Waals surface area contributed by atoms with Crippen molar-refractivity contribution < 1.29 is 14.3 Å². The van der Waals surface area contributed by atoms with Crippen LogP contribution in [-0.2, 0) is 4.74 Å². The van der Waals surface area contributed by atoms with Crippen LogP contribution in [0.1, 0.15) is 52.0 Å². The third-order valence-electron chi connectivity index (χ3n) is 4.55. The van der Waals surface area contributed by atoms with Gasteiger partial charge in [0, 0.05) is 29.2 Å². The van der Waals surface area contributed by atoms with Crippen molar-refractivity contribution in [3.05, 3.63) is 36.2 Å². The Morgan fingerprint density at radius 3 is 2.63 bits per heavy atom. The molecule has 1 aromatic carbocycles. The molecule has 27 heavy (non-hydrogen) atoms. The van der Waals surface area contributed by atoms with Gasteiger partial charge in [0.2, 0.25) is 0 Å². The fourth-order valence-corrected chi connectivity index (χ4v) is 3.36. The molecule has 0 unspecified atom stereocenters. The number of hydrogen-bond acceptors (Lipinski definition) is 5. The lowest BCUT2D eigenvalue weighted by Crippen LogP contribution is -2.42. The SMILES string of the molecule is CC(C)(C)OC(=O)NC1CCC(Oc2cccc3cncc(C#N)c23)CC1. The highest BCUT2D eigenvalue weighted by Crippen LogP contribution is 2.31. The average molecular weight is 367 g/mol. The third-order valence-corrected chi connectivity index (χ3v) is 4.55. The molecule has 1 fully saturated rings. The van der Waals surface area contributed by atoms with Gasteiger partial charge in [0.05, 0.1) is 11.7 Å². The Bertz CT molecular complexity index is 854. The summed E-state index contributed by atoms with van der Waals surface area (Å²) in [7, 11) is 0. The number of carbonyl (C=O) groups is 1. The van der Waals surface area contributed by atoms with Crippen LogP contribution in [0.2, 0.25) is 0 Å². The fraction of sp³-hybridized carbons (Fsp3) is 0.476. The molecule has 1 aliphatic rings. The summed E-state index contributed by atoms with van der Waals surface area (Å²) >= 11 is 0. The van der Waals surface area contributed by atoms with Crippen LogP contribution in [0.5, 0.6) is 5.75 Å². The van der Waals surface area contributed by atoms with E-state index in [0.717, 1.165) is 42.2 Å². The summed E-state index contributed by atoms with van der Waals surface area (Å²) in [6, 6.07) is 8.03. The first-order chi connectivity index (χ1) is 12.9. The van der Waals surface area contributed by atoms with Crippen molar-refractivity contribution in [2.75, 3.05) is 0 Å². The molecule has 1 N–H and O–H groups in total. The standard InChI is InChI=1S/C21H25N3O3/c1-21(2,3)27-20(25)24-16-7-9-17(10-8-16)26-18-6-4-5-14-12-23-13-15(11-22)19(14)18/h4-6,12-13,16-17H,7-10H2,1-3H3,(H,24,25).